The van der Waals surface area contributed by atoms with E-state index < -0.39 is 59.0 Å². The number of esters is 2. The molecule has 8 nitrogen and oxygen atoms in total. The molecule has 1 aromatic carbocycles. The van der Waals surface area contributed by atoms with Gasteiger partial charge in [-0.25, -0.2) is 9.59 Å². The Bertz CT molecular complexity index is 1330. The van der Waals surface area contributed by atoms with E-state index in [2.05, 4.69) is 0 Å². The molecule has 0 unspecified atom stereocenters. The maximum absolute atomic E-state index is 14.6. The van der Waals surface area contributed by atoms with Crippen LogP contribution < -0.4 is 0 Å². The summed E-state index contributed by atoms with van der Waals surface area (Å²) in [4.78, 5) is 40.3. The predicted molar refractivity (Wildman–Crippen MR) is 146 cm³/mol. The smallest absolute Gasteiger partial charge is 0.338 e. The minimum atomic E-state index is -2.20. The van der Waals surface area contributed by atoms with Crippen LogP contribution in [-0.2, 0) is 19.1 Å². The lowest BCUT2D eigenvalue weighted by Gasteiger charge is -2.49. The third kappa shape index (κ3) is 3.80. The molecular formula is C32H38O8. The highest BCUT2D eigenvalue weighted by atomic mass is 16.6. The van der Waals surface area contributed by atoms with Crippen LogP contribution in [0.2, 0.25) is 0 Å². The monoisotopic (exact) mass is 550 g/mol. The van der Waals surface area contributed by atoms with E-state index in [4.69, 9.17) is 9.47 Å². The molecule has 0 saturated heterocycles. The Balaban J connectivity index is 1.57. The maximum Gasteiger partial charge on any atom is 0.338 e. The van der Waals surface area contributed by atoms with E-state index in [9.17, 15) is 29.7 Å². The summed E-state index contributed by atoms with van der Waals surface area (Å²) in [5, 5.41) is 34.3. The second-order valence-corrected chi connectivity index (χ2v) is 12.2. The van der Waals surface area contributed by atoms with Gasteiger partial charge in [0.2, 0.25) is 0 Å². The summed E-state index contributed by atoms with van der Waals surface area (Å²) in [6.45, 7) is 8.32. The largest absolute Gasteiger partial charge is 0.461 e. The predicted octanol–water partition coefficient (Wildman–Crippen LogP) is 3.17. The Labute approximate surface area is 234 Å². The summed E-state index contributed by atoms with van der Waals surface area (Å²) in [6.07, 6.45) is 2.46. The first-order chi connectivity index (χ1) is 18.9. The van der Waals surface area contributed by atoms with Crippen LogP contribution in [0.4, 0.5) is 0 Å². The minimum Gasteiger partial charge on any atom is -0.461 e. The fraction of sp³-hybridized carbons (Fsp3) is 0.531. The van der Waals surface area contributed by atoms with E-state index >= 15 is 0 Å². The second-order valence-electron chi connectivity index (χ2n) is 12.2. The molecule has 2 bridgehead atoms. The van der Waals surface area contributed by atoms with Gasteiger partial charge in [-0.15, -0.1) is 0 Å². The van der Waals surface area contributed by atoms with Crippen molar-refractivity contribution in [1.82, 2.24) is 0 Å². The number of Topliss-reactive ketones (excluding diaryl/α,β-unsaturated/α-hetero) is 1. The Morgan fingerprint density at radius 2 is 1.88 bits per heavy atom. The first-order valence-corrected chi connectivity index (χ1v) is 13.9. The summed E-state index contributed by atoms with van der Waals surface area (Å²) in [6, 6.07) is 8.71. The molecule has 2 saturated carbocycles. The molecule has 8 heteroatoms. The average Bonchev–Trinajstić information content (AvgIpc) is 3.50. The van der Waals surface area contributed by atoms with Crippen LogP contribution in [0, 0.1) is 34.5 Å². The number of hydrogen-bond acceptors (Lipinski definition) is 8. The van der Waals surface area contributed by atoms with Crippen LogP contribution in [-0.4, -0.2) is 64.1 Å². The molecule has 1 spiro atoms. The van der Waals surface area contributed by atoms with Crippen LogP contribution in [0.3, 0.4) is 0 Å². The minimum absolute atomic E-state index is 0.00402. The molecule has 0 amide bonds. The number of rotatable bonds is 6. The van der Waals surface area contributed by atoms with Gasteiger partial charge in [0.15, 0.2) is 17.5 Å². The molecule has 40 heavy (non-hydrogen) atoms. The van der Waals surface area contributed by atoms with E-state index in [1.165, 1.54) is 0 Å². The highest BCUT2D eigenvalue weighted by Gasteiger charge is 2.77. The average molecular weight is 551 g/mol. The number of ketones is 1. The molecular weight excluding hydrogens is 512 g/mol. The van der Waals surface area contributed by atoms with Gasteiger partial charge >= 0.3 is 11.9 Å². The molecule has 9 atom stereocenters. The second kappa shape index (κ2) is 9.79. The Morgan fingerprint density at radius 3 is 2.50 bits per heavy atom. The van der Waals surface area contributed by atoms with Crippen molar-refractivity contribution in [3.63, 3.8) is 0 Å². The van der Waals surface area contributed by atoms with Gasteiger partial charge in [-0.1, -0.05) is 50.3 Å². The number of aliphatic hydroxyl groups is 3. The normalized spacial score (nSPS) is 40.1. The van der Waals surface area contributed by atoms with Gasteiger partial charge in [0.25, 0.3) is 0 Å². The summed E-state index contributed by atoms with van der Waals surface area (Å²) < 4.78 is 11.6. The van der Waals surface area contributed by atoms with Crippen LogP contribution in [0.15, 0.2) is 65.3 Å². The number of ether oxygens (including phenoxy) is 2. The quantitative estimate of drug-likeness (QED) is 0.280. The summed E-state index contributed by atoms with van der Waals surface area (Å²) >= 11 is 0. The highest BCUT2D eigenvalue weighted by Crippen LogP contribution is 2.72. The number of carbonyl (C=O) groups is 3. The number of hydrogen-bond donors (Lipinski definition) is 3. The Hall–Kier alpha value is -3.07. The lowest BCUT2D eigenvalue weighted by molar-refractivity contribution is -0.202. The number of aliphatic hydroxyl groups excluding tert-OH is 2. The van der Waals surface area contributed by atoms with Gasteiger partial charge < -0.3 is 24.8 Å². The van der Waals surface area contributed by atoms with E-state index in [1.807, 2.05) is 19.9 Å². The third-order valence-electron chi connectivity index (χ3n) is 10.2. The van der Waals surface area contributed by atoms with Crippen LogP contribution >= 0.6 is 0 Å². The van der Waals surface area contributed by atoms with Crippen molar-refractivity contribution in [1.29, 1.82) is 0 Å². The van der Waals surface area contributed by atoms with Crippen LogP contribution in [0.1, 0.15) is 51.4 Å². The van der Waals surface area contributed by atoms with Gasteiger partial charge in [-0.3, -0.25) is 4.79 Å². The van der Waals surface area contributed by atoms with Gasteiger partial charge in [-0.05, 0) is 68.2 Å². The fourth-order valence-electron chi connectivity index (χ4n) is 7.80. The van der Waals surface area contributed by atoms with Crippen molar-refractivity contribution in [2.24, 2.45) is 34.5 Å². The molecule has 2 fully saturated rings. The zero-order valence-electron chi connectivity index (χ0n) is 23.6. The first-order valence-electron chi connectivity index (χ1n) is 13.9. The molecule has 4 aliphatic carbocycles. The fourth-order valence-corrected chi connectivity index (χ4v) is 7.80. The SMILES string of the molecule is C/C=C(/C)C(=O)O[C@@H]1C(CO)=C[C@@H]2C(=O)[C@]3(C=C(C)[C@H](O)[C@@]13O)[C@H](C)C[C@@H]1[C@H]2[C@]1(C)COC(=O)c1ccccc1. The van der Waals surface area contributed by atoms with Crippen molar-refractivity contribution in [3.8, 4) is 0 Å². The van der Waals surface area contributed by atoms with Gasteiger partial charge in [0.05, 0.1) is 24.2 Å². The number of allylic oxidation sites excluding steroid dienone is 2. The van der Waals surface area contributed by atoms with E-state index in [0.29, 0.717) is 23.1 Å². The molecule has 3 N–H and O–H groups in total. The lowest BCUT2D eigenvalue weighted by Crippen LogP contribution is -2.66. The summed E-state index contributed by atoms with van der Waals surface area (Å²) in [5.41, 5.74) is -2.93. The van der Waals surface area contributed by atoms with Crippen LogP contribution in [0.25, 0.3) is 0 Å². The molecule has 214 valence electrons. The number of carbonyl (C=O) groups excluding carboxylic acids is 3. The third-order valence-corrected chi connectivity index (χ3v) is 10.2. The molecule has 5 rings (SSSR count). The van der Waals surface area contributed by atoms with Crippen molar-refractivity contribution >= 4 is 17.7 Å². The molecule has 1 aromatic rings. The van der Waals surface area contributed by atoms with Crippen LogP contribution in [0.5, 0.6) is 0 Å². The summed E-state index contributed by atoms with van der Waals surface area (Å²) in [7, 11) is 0. The maximum atomic E-state index is 14.6. The Morgan fingerprint density at radius 1 is 1.20 bits per heavy atom. The topological polar surface area (TPSA) is 130 Å². The zero-order valence-corrected chi connectivity index (χ0v) is 23.6. The van der Waals surface area contributed by atoms with Gasteiger partial charge in [-0.2, -0.15) is 0 Å². The number of fused-ring (bicyclic) bond motifs is 3. The molecule has 0 aliphatic heterocycles. The summed E-state index contributed by atoms with van der Waals surface area (Å²) in [5.74, 6) is -2.85. The van der Waals surface area contributed by atoms with E-state index in [0.717, 1.165) is 0 Å². The molecule has 4 aliphatic rings. The number of benzene rings is 1. The molecule has 0 radical (unpaired) electrons. The molecule has 0 heterocycles. The standard InChI is InChI=1S/C32H38O8/c1-6-17(2)28(36)40-27-21(15-33)13-22-24-23(30(24,5)16-39-29(37)20-10-8-7-9-11-20)12-19(4)31(26(22)35)14-18(3)25(34)32(27,31)38/h6-11,13-14,19,22-25,27,33-34,38H,12,15-16H2,1-5H3/b17-6-/t19-,22+,23-,24+,25+,27-,30-,31+,32-/m1/s1. The van der Waals surface area contributed by atoms with Crippen molar-refractivity contribution in [2.75, 3.05) is 13.2 Å². The first kappa shape index (κ1) is 28.5. The highest BCUT2D eigenvalue weighted by molar-refractivity contribution is 5.96. The van der Waals surface area contributed by atoms with Gasteiger partial charge in [0.1, 0.15) is 6.10 Å². The van der Waals surface area contributed by atoms with Crippen molar-refractivity contribution in [3.05, 3.63) is 70.8 Å². The zero-order chi connectivity index (χ0) is 29.2. The Kier molecular flexibility index (Phi) is 6.96. The van der Waals surface area contributed by atoms with E-state index in [-0.39, 0.29) is 29.8 Å². The van der Waals surface area contributed by atoms with Crippen molar-refractivity contribution in [2.45, 2.75) is 58.8 Å². The van der Waals surface area contributed by atoms with E-state index in [1.54, 1.807) is 63.3 Å². The van der Waals surface area contributed by atoms with Crippen molar-refractivity contribution < 1.29 is 39.2 Å². The lowest BCUT2D eigenvalue weighted by atomic mass is 9.59. The van der Waals surface area contributed by atoms with Gasteiger partial charge in [0, 0.05) is 16.9 Å². The molecule has 0 aromatic heterocycles.